The number of benzene rings is 1. The molecule has 0 aromatic heterocycles. The van der Waals surface area contributed by atoms with Crippen molar-refractivity contribution in [3.8, 4) is 0 Å². The van der Waals surface area contributed by atoms with Crippen LogP contribution in [0.25, 0.3) is 0 Å². The first kappa shape index (κ1) is 17.9. The van der Waals surface area contributed by atoms with Gasteiger partial charge in [0.2, 0.25) is 0 Å². The summed E-state index contributed by atoms with van der Waals surface area (Å²) < 4.78 is 28.5. The molecule has 0 unspecified atom stereocenters. The van der Waals surface area contributed by atoms with Crippen molar-refractivity contribution in [2.24, 2.45) is 4.99 Å². The summed E-state index contributed by atoms with van der Waals surface area (Å²) in [6, 6.07) is 8.83. The maximum absolute atomic E-state index is 11.9. The normalized spacial score (nSPS) is 25.9. The van der Waals surface area contributed by atoms with Crippen LogP contribution in [0.2, 0.25) is 0 Å². The van der Waals surface area contributed by atoms with Crippen molar-refractivity contribution in [3.63, 3.8) is 0 Å². The van der Waals surface area contributed by atoms with Crippen LogP contribution in [0.1, 0.15) is 0 Å². The highest BCUT2D eigenvalue weighted by molar-refractivity contribution is 8.16. The fraction of sp³-hybridized carbons (Fsp3) is 0.400. The number of carbonyl (C=O) groups excluding carboxylic acids is 2. The van der Waals surface area contributed by atoms with Gasteiger partial charge in [-0.2, -0.15) is 4.99 Å². The van der Waals surface area contributed by atoms with Crippen molar-refractivity contribution in [1.82, 2.24) is 0 Å². The minimum atomic E-state index is -3.12. The second-order valence-corrected chi connectivity index (χ2v) is 9.02. The molecule has 0 spiro atoms. The van der Waals surface area contributed by atoms with E-state index in [4.69, 9.17) is 4.74 Å². The Bertz CT molecular complexity index is 809. The largest absolute Gasteiger partial charge is 0.548 e. The summed E-state index contributed by atoms with van der Waals surface area (Å²) in [6.07, 6.45) is 0. The quantitative estimate of drug-likeness (QED) is 0.639. The van der Waals surface area contributed by atoms with E-state index in [-0.39, 0.29) is 22.8 Å². The summed E-state index contributed by atoms with van der Waals surface area (Å²) in [4.78, 5) is 28.0. The van der Waals surface area contributed by atoms with Crippen LogP contribution in [0.5, 0.6) is 0 Å². The lowest BCUT2D eigenvalue weighted by Crippen LogP contribution is -2.37. The van der Waals surface area contributed by atoms with Crippen LogP contribution in [-0.2, 0) is 24.2 Å². The number of amides is 1. The van der Waals surface area contributed by atoms with Gasteiger partial charge < -0.3 is 19.5 Å². The van der Waals surface area contributed by atoms with Gasteiger partial charge in [-0.05, 0) is 12.1 Å². The van der Waals surface area contributed by atoms with Gasteiger partial charge in [-0.25, -0.2) is 8.42 Å². The summed E-state index contributed by atoms with van der Waals surface area (Å²) in [7, 11) is -3.12. The number of anilines is 1. The van der Waals surface area contributed by atoms with Crippen LogP contribution >= 0.6 is 11.8 Å². The van der Waals surface area contributed by atoms with Crippen molar-refractivity contribution in [3.05, 3.63) is 30.3 Å². The van der Waals surface area contributed by atoms with Gasteiger partial charge in [-0.15, -0.1) is 0 Å². The lowest BCUT2D eigenvalue weighted by molar-refractivity contribution is -0.309. The molecule has 134 valence electrons. The van der Waals surface area contributed by atoms with Gasteiger partial charge in [0.1, 0.15) is 6.61 Å². The van der Waals surface area contributed by atoms with E-state index in [1.54, 1.807) is 4.90 Å². The zero-order chi connectivity index (χ0) is 18.0. The van der Waals surface area contributed by atoms with Crippen LogP contribution in [0.15, 0.2) is 35.3 Å². The Hall–Kier alpha value is -1.91. The average Bonchev–Trinajstić information content (AvgIpc) is 2.98. The number of ether oxygens (including phenoxy) is 1. The second kappa shape index (κ2) is 7.14. The van der Waals surface area contributed by atoms with Gasteiger partial charge in [-0.3, -0.25) is 4.79 Å². The molecule has 2 saturated heterocycles. The maximum Gasteiger partial charge on any atom is 0.274 e. The van der Waals surface area contributed by atoms with Crippen molar-refractivity contribution in [1.29, 1.82) is 0 Å². The number of rotatable bonds is 5. The molecule has 2 atom stereocenters. The molecule has 2 aliphatic heterocycles. The predicted octanol–water partition coefficient (Wildman–Crippen LogP) is -0.945. The SMILES string of the molecule is O=C([O-])COCC(=O)N=C1S[C@H]2CS(=O)(=O)C[C@H]2N1c1ccccc1. The van der Waals surface area contributed by atoms with Crippen LogP contribution in [-0.4, -0.2) is 61.5 Å². The molecule has 0 saturated carbocycles. The zero-order valence-corrected chi connectivity index (χ0v) is 14.7. The average molecular weight is 383 g/mol. The Morgan fingerprint density at radius 3 is 2.64 bits per heavy atom. The van der Waals surface area contributed by atoms with Gasteiger partial charge in [0.05, 0.1) is 30.1 Å². The summed E-state index contributed by atoms with van der Waals surface area (Å²) >= 11 is 1.25. The molecule has 10 heteroatoms. The van der Waals surface area contributed by atoms with Crippen molar-refractivity contribution in [2.75, 3.05) is 29.6 Å². The highest BCUT2D eigenvalue weighted by atomic mass is 32.2. The highest BCUT2D eigenvalue weighted by Gasteiger charge is 2.49. The molecule has 8 nitrogen and oxygen atoms in total. The number of hydrogen-bond donors (Lipinski definition) is 0. The molecule has 0 aliphatic carbocycles. The molecule has 1 amide bonds. The lowest BCUT2D eigenvalue weighted by atomic mass is 10.2. The first-order valence-electron chi connectivity index (χ1n) is 7.46. The molecule has 2 heterocycles. The number of thioether (sulfide) groups is 1. The lowest BCUT2D eigenvalue weighted by Gasteiger charge is -2.24. The predicted molar refractivity (Wildman–Crippen MR) is 91.0 cm³/mol. The number of para-hydroxylation sites is 1. The summed E-state index contributed by atoms with van der Waals surface area (Å²) in [5, 5.41) is 10.5. The van der Waals surface area contributed by atoms with E-state index in [1.807, 2.05) is 30.3 Å². The third-order valence-corrected chi connectivity index (χ3v) is 6.98. The smallest absolute Gasteiger partial charge is 0.274 e. The fourth-order valence-electron chi connectivity index (χ4n) is 2.82. The minimum Gasteiger partial charge on any atom is -0.548 e. The van der Waals surface area contributed by atoms with E-state index in [0.29, 0.717) is 5.17 Å². The topological polar surface area (TPSA) is 116 Å². The molecule has 0 radical (unpaired) electrons. The van der Waals surface area contributed by atoms with Gasteiger partial charge in [-0.1, -0.05) is 30.0 Å². The Balaban J connectivity index is 1.82. The highest BCUT2D eigenvalue weighted by Crippen LogP contribution is 2.40. The number of aliphatic imine (C=N–C) groups is 1. The molecule has 3 rings (SSSR count). The fourth-order valence-corrected chi connectivity index (χ4v) is 6.75. The first-order chi connectivity index (χ1) is 11.9. The van der Waals surface area contributed by atoms with Crippen molar-refractivity contribution >= 4 is 44.3 Å². The molecule has 0 N–H and O–H groups in total. The summed E-state index contributed by atoms with van der Waals surface area (Å²) in [6.45, 7) is -1.16. The zero-order valence-electron chi connectivity index (χ0n) is 13.0. The number of aliphatic carboxylic acids is 1. The molecule has 1 aromatic carbocycles. The van der Waals surface area contributed by atoms with E-state index in [9.17, 15) is 23.1 Å². The van der Waals surface area contributed by atoms with E-state index in [0.717, 1.165) is 5.69 Å². The number of sulfone groups is 1. The maximum atomic E-state index is 11.9. The molecule has 2 fully saturated rings. The number of carboxylic acid groups (broad SMARTS) is 1. The van der Waals surface area contributed by atoms with Gasteiger partial charge >= 0.3 is 0 Å². The molecule has 1 aromatic rings. The number of amidine groups is 1. The first-order valence-corrected chi connectivity index (χ1v) is 10.2. The third-order valence-electron chi connectivity index (χ3n) is 3.77. The number of carbonyl (C=O) groups is 2. The van der Waals surface area contributed by atoms with Gasteiger partial charge in [0.15, 0.2) is 15.0 Å². The third kappa shape index (κ3) is 4.20. The molecular weight excluding hydrogens is 368 g/mol. The molecule has 25 heavy (non-hydrogen) atoms. The second-order valence-electron chi connectivity index (χ2n) is 5.66. The van der Waals surface area contributed by atoms with E-state index in [2.05, 4.69) is 4.99 Å². The standard InChI is InChI=1S/C15H16N2O6S2/c18-13(6-23-7-14(19)20)16-15-17(10-4-2-1-3-5-10)11-8-25(21,22)9-12(11)24-15/h1-5,11-12H,6-9H2,(H,19,20)/p-1/t11-,12+/m1/s1. The van der Waals surface area contributed by atoms with Gasteiger partial charge in [0, 0.05) is 10.9 Å². The van der Waals surface area contributed by atoms with E-state index >= 15 is 0 Å². The van der Waals surface area contributed by atoms with Gasteiger partial charge in [0.25, 0.3) is 5.91 Å². The Kier molecular flexibility index (Phi) is 5.11. The number of nitrogens with zero attached hydrogens (tertiary/aromatic N) is 2. The Morgan fingerprint density at radius 1 is 1.24 bits per heavy atom. The minimum absolute atomic E-state index is 0.00789. The van der Waals surface area contributed by atoms with Crippen molar-refractivity contribution in [2.45, 2.75) is 11.3 Å². The number of fused-ring (bicyclic) bond motifs is 1. The van der Waals surface area contributed by atoms with Crippen LogP contribution < -0.4 is 10.0 Å². The summed E-state index contributed by atoms with van der Waals surface area (Å²) in [5.41, 5.74) is 0.752. The Morgan fingerprint density at radius 2 is 1.96 bits per heavy atom. The van der Waals surface area contributed by atoms with Crippen LogP contribution in [0.4, 0.5) is 5.69 Å². The van der Waals surface area contributed by atoms with E-state index in [1.165, 1.54) is 11.8 Å². The Labute approximate surface area is 148 Å². The van der Waals surface area contributed by atoms with Crippen LogP contribution in [0, 0.1) is 0 Å². The molecule has 0 bridgehead atoms. The van der Waals surface area contributed by atoms with E-state index < -0.39 is 34.9 Å². The van der Waals surface area contributed by atoms with Crippen molar-refractivity contribution < 1.29 is 27.9 Å². The number of carboxylic acids is 1. The summed E-state index contributed by atoms with van der Waals surface area (Å²) in [5.74, 6) is -2.00. The van der Waals surface area contributed by atoms with Crippen LogP contribution in [0.3, 0.4) is 0 Å². The molecule has 2 aliphatic rings. The monoisotopic (exact) mass is 383 g/mol. The molecular formula is C15H15N2O6S2-. The number of hydrogen-bond acceptors (Lipinski definition) is 7.